The normalized spacial score (nSPS) is 17.5. The molecule has 1 atom stereocenters. The van der Waals surface area contributed by atoms with Crippen LogP contribution >= 0.6 is 11.6 Å². The van der Waals surface area contributed by atoms with Gasteiger partial charge in [0.05, 0.1) is 12.3 Å². The highest BCUT2D eigenvalue weighted by Gasteiger charge is 2.29. The van der Waals surface area contributed by atoms with Crippen LogP contribution in [0.2, 0.25) is 5.15 Å². The maximum Gasteiger partial charge on any atom is 0.291 e. The van der Waals surface area contributed by atoms with Gasteiger partial charge in [0.1, 0.15) is 10.6 Å². The van der Waals surface area contributed by atoms with Gasteiger partial charge in [-0.1, -0.05) is 42.7 Å². The van der Waals surface area contributed by atoms with Crippen LogP contribution in [0.5, 0.6) is 0 Å². The molecule has 0 radical (unpaired) electrons. The number of aromatic nitrogens is 2. The Morgan fingerprint density at radius 3 is 2.92 bits per heavy atom. The topological polar surface area (TPSA) is 68.8 Å². The molecule has 1 aliphatic heterocycles. The molecule has 0 bridgehead atoms. The summed E-state index contributed by atoms with van der Waals surface area (Å²) >= 11 is 5.82. The van der Waals surface area contributed by atoms with Crippen molar-refractivity contribution in [2.45, 2.75) is 32.9 Å². The number of carbonyl (C=O) groups is 1. The summed E-state index contributed by atoms with van der Waals surface area (Å²) in [5.41, 5.74) is 2.41. The van der Waals surface area contributed by atoms with Gasteiger partial charge in [0.15, 0.2) is 0 Å². The van der Waals surface area contributed by atoms with E-state index in [-0.39, 0.29) is 11.8 Å². The van der Waals surface area contributed by atoms with E-state index in [1.165, 1.54) is 0 Å². The molecule has 0 saturated carbocycles. The predicted molar refractivity (Wildman–Crippen MR) is 95.1 cm³/mol. The zero-order valence-electron chi connectivity index (χ0n) is 14.1. The first-order valence-corrected chi connectivity index (χ1v) is 8.48. The smallest absolute Gasteiger partial charge is 0.291 e. The first-order chi connectivity index (χ1) is 12.0. The molecule has 0 aromatic carbocycles. The molecule has 6 nitrogen and oxygen atoms in total. The molecule has 7 heteroatoms. The molecule has 1 unspecified atom stereocenters. The maximum absolute atomic E-state index is 12.4. The lowest BCUT2D eigenvalue weighted by Crippen LogP contribution is -2.27. The highest BCUT2D eigenvalue weighted by atomic mass is 35.5. The van der Waals surface area contributed by atoms with Gasteiger partial charge in [-0.2, -0.15) is 4.99 Å². The molecule has 0 fully saturated rings. The largest absolute Gasteiger partial charge is 0.382 e. The Morgan fingerprint density at radius 1 is 1.40 bits per heavy atom. The lowest BCUT2D eigenvalue weighted by molar-refractivity contribution is -0.127. The van der Waals surface area contributed by atoms with Gasteiger partial charge in [-0.15, -0.1) is 0 Å². The van der Waals surface area contributed by atoms with Gasteiger partial charge in [-0.05, 0) is 29.7 Å². The molecule has 1 aliphatic rings. The summed E-state index contributed by atoms with van der Waals surface area (Å²) in [6.07, 6.45) is 3.43. The quantitative estimate of drug-likeness (QED) is 0.789. The molecule has 0 saturated heterocycles. The van der Waals surface area contributed by atoms with Crippen LogP contribution < -0.4 is 5.49 Å². The number of amides is 1. The van der Waals surface area contributed by atoms with Crippen LogP contribution in [0.1, 0.15) is 25.8 Å². The average Bonchev–Trinajstić information content (AvgIpc) is 3.09. The third-order valence-electron chi connectivity index (χ3n) is 3.92. The molecule has 2 aromatic heterocycles. The second kappa shape index (κ2) is 7.61. The summed E-state index contributed by atoms with van der Waals surface area (Å²) in [6.45, 7) is 4.59. The third kappa shape index (κ3) is 4.33. The van der Waals surface area contributed by atoms with Gasteiger partial charge < -0.3 is 9.40 Å². The van der Waals surface area contributed by atoms with E-state index in [2.05, 4.69) is 15.1 Å². The minimum absolute atomic E-state index is 0.261. The average molecular weight is 359 g/mol. The number of nitrogens with zero attached hydrogens (tertiary/aromatic N) is 4. The SMILES string of the molecule is CC(C)C1=NOC(C(=O)/N=c2\ccccn2Cc2ccc(Cl)nc2)C1. The van der Waals surface area contributed by atoms with Crippen LogP contribution in [0, 0.1) is 5.92 Å². The van der Waals surface area contributed by atoms with Crippen LogP contribution in [0.25, 0.3) is 0 Å². The fraction of sp³-hybridized carbons (Fsp3) is 0.333. The Bertz CT molecular complexity index is 856. The van der Waals surface area contributed by atoms with Crippen molar-refractivity contribution in [1.29, 1.82) is 0 Å². The molecule has 2 aromatic rings. The minimum Gasteiger partial charge on any atom is -0.382 e. The zero-order chi connectivity index (χ0) is 17.8. The predicted octanol–water partition coefficient (Wildman–Crippen LogP) is 2.81. The van der Waals surface area contributed by atoms with Crippen LogP contribution in [0.15, 0.2) is 52.9 Å². The van der Waals surface area contributed by atoms with Crippen LogP contribution in [-0.4, -0.2) is 27.3 Å². The second-order valence-corrected chi connectivity index (χ2v) is 6.55. The van der Waals surface area contributed by atoms with Crippen LogP contribution in [0.3, 0.4) is 0 Å². The Morgan fingerprint density at radius 2 is 2.24 bits per heavy atom. The third-order valence-corrected chi connectivity index (χ3v) is 4.14. The first-order valence-electron chi connectivity index (χ1n) is 8.10. The summed E-state index contributed by atoms with van der Waals surface area (Å²) in [6, 6.07) is 9.15. The van der Waals surface area contributed by atoms with Gasteiger partial charge in [0.25, 0.3) is 5.91 Å². The summed E-state index contributed by atoms with van der Waals surface area (Å²) < 4.78 is 1.88. The second-order valence-electron chi connectivity index (χ2n) is 6.16. The molecule has 3 heterocycles. The van der Waals surface area contributed by atoms with Crippen molar-refractivity contribution >= 4 is 23.2 Å². The number of pyridine rings is 2. The highest BCUT2D eigenvalue weighted by Crippen LogP contribution is 2.16. The van der Waals surface area contributed by atoms with Crippen molar-refractivity contribution in [3.05, 3.63) is 58.9 Å². The van der Waals surface area contributed by atoms with Crippen molar-refractivity contribution in [1.82, 2.24) is 9.55 Å². The minimum atomic E-state index is -0.636. The van der Waals surface area contributed by atoms with Crippen molar-refractivity contribution in [2.75, 3.05) is 0 Å². The fourth-order valence-electron chi connectivity index (χ4n) is 2.45. The van der Waals surface area contributed by atoms with Gasteiger partial charge in [-0.25, -0.2) is 4.98 Å². The van der Waals surface area contributed by atoms with E-state index in [0.717, 1.165) is 11.3 Å². The first kappa shape index (κ1) is 17.4. The van der Waals surface area contributed by atoms with E-state index in [4.69, 9.17) is 16.4 Å². The summed E-state index contributed by atoms with van der Waals surface area (Å²) in [5, 5.41) is 4.43. The van der Waals surface area contributed by atoms with E-state index in [0.29, 0.717) is 23.6 Å². The molecular formula is C18H19ClN4O2. The number of carbonyl (C=O) groups excluding carboxylic acids is 1. The number of rotatable bonds is 4. The Kier molecular flexibility index (Phi) is 5.28. The van der Waals surface area contributed by atoms with E-state index in [1.807, 2.05) is 42.8 Å². The van der Waals surface area contributed by atoms with E-state index < -0.39 is 6.10 Å². The molecule has 0 N–H and O–H groups in total. The summed E-state index contributed by atoms with van der Waals surface area (Å²) in [4.78, 5) is 26.0. The van der Waals surface area contributed by atoms with Gasteiger partial charge >= 0.3 is 0 Å². The molecular weight excluding hydrogens is 340 g/mol. The van der Waals surface area contributed by atoms with Crippen LogP contribution in [-0.2, 0) is 16.2 Å². The van der Waals surface area contributed by atoms with Crippen molar-refractivity contribution in [3.63, 3.8) is 0 Å². The Balaban J connectivity index is 1.79. The summed E-state index contributed by atoms with van der Waals surface area (Å²) in [7, 11) is 0. The lowest BCUT2D eigenvalue weighted by atomic mass is 10.0. The lowest BCUT2D eigenvalue weighted by Gasteiger charge is -2.08. The molecule has 130 valence electrons. The fourth-order valence-corrected chi connectivity index (χ4v) is 2.57. The highest BCUT2D eigenvalue weighted by molar-refractivity contribution is 6.29. The number of hydrogen-bond acceptors (Lipinski definition) is 4. The van der Waals surface area contributed by atoms with E-state index in [1.54, 1.807) is 18.3 Å². The van der Waals surface area contributed by atoms with Gasteiger partial charge in [0.2, 0.25) is 6.10 Å². The van der Waals surface area contributed by atoms with Crippen molar-refractivity contribution in [3.8, 4) is 0 Å². The Hall–Kier alpha value is -2.47. The van der Waals surface area contributed by atoms with Crippen LogP contribution in [0.4, 0.5) is 0 Å². The zero-order valence-corrected chi connectivity index (χ0v) is 14.8. The number of hydrogen-bond donors (Lipinski definition) is 0. The number of halogens is 1. The summed E-state index contributed by atoms with van der Waals surface area (Å²) in [5.74, 6) is -0.0644. The van der Waals surface area contributed by atoms with Crippen molar-refractivity contribution < 1.29 is 9.63 Å². The van der Waals surface area contributed by atoms with Gasteiger partial charge in [0, 0.05) is 18.8 Å². The van der Waals surface area contributed by atoms with Crippen molar-refractivity contribution in [2.24, 2.45) is 16.1 Å². The van der Waals surface area contributed by atoms with E-state index in [9.17, 15) is 4.79 Å². The number of oxime groups is 1. The molecule has 25 heavy (non-hydrogen) atoms. The molecule has 1 amide bonds. The standard InChI is InChI=1S/C18H19ClN4O2/c1-12(2)14-9-15(25-22-14)18(24)21-17-5-3-4-8-23(17)11-13-6-7-16(19)20-10-13/h3-8,10,12,15H,9,11H2,1-2H3/b21-17+. The molecule has 3 rings (SSSR count). The van der Waals surface area contributed by atoms with E-state index >= 15 is 0 Å². The van der Waals surface area contributed by atoms with Gasteiger partial charge in [-0.3, -0.25) is 4.79 Å². The monoisotopic (exact) mass is 358 g/mol. The maximum atomic E-state index is 12.4. The Labute approximate surface area is 150 Å². The molecule has 0 aliphatic carbocycles. The molecule has 0 spiro atoms.